The van der Waals surface area contributed by atoms with Gasteiger partial charge in [-0.3, -0.25) is 4.79 Å². The maximum absolute atomic E-state index is 12.0. The van der Waals surface area contributed by atoms with Crippen molar-refractivity contribution in [3.05, 3.63) is 42.0 Å². The number of hydrogen-bond acceptors (Lipinski definition) is 2. The molecule has 0 unspecified atom stereocenters. The molecule has 1 saturated heterocycles. The Morgan fingerprint density at radius 2 is 1.84 bits per heavy atom. The van der Waals surface area contributed by atoms with Crippen molar-refractivity contribution in [2.45, 2.75) is 19.8 Å². The Bertz CT molecular complexity index is 471. The molecule has 1 aromatic carbocycles. The summed E-state index contributed by atoms with van der Waals surface area (Å²) >= 11 is 0. The van der Waals surface area contributed by atoms with Gasteiger partial charge in [-0.05, 0) is 24.5 Å². The van der Waals surface area contributed by atoms with E-state index in [9.17, 15) is 9.59 Å². The zero-order valence-corrected chi connectivity index (χ0v) is 11.2. The number of nitrogens with zero attached hydrogens (tertiary/aromatic N) is 1. The Balaban J connectivity index is 1.92. The van der Waals surface area contributed by atoms with Gasteiger partial charge in [-0.25, -0.2) is 0 Å². The first kappa shape index (κ1) is 13.5. The molecule has 1 fully saturated rings. The van der Waals surface area contributed by atoms with E-state index in [1.807, 2.05) is 48.2 Å². The number of carbonyl (C=O) groups is 2. The fourth-order valence-electron chi connectivity index (χ4n) is 2.19. The summed E-state index contributed by atoms with van der Waals surface area (Å²) in [6.45, 7) is 3.28. The van der Waals surface area contributed by atoms with Crippen LogP contribution in [0.25, 0.3) is 6.08 Å². The molecule has 1 heterocycles. The third-order valence-corrected chi connectivity index (χ3v) is 3.72. The van der Waals surface area contributed by atoms with Crippen molar-refractivity contribution in [1.82, 2.24) is 4.90 Å². The average Bonchev–Trinajstić information content (AvgIpc) is 2.47. The van der Waals surface area contributed by atoms with E-state index in [1.165, 1.54) is 0 Å². The summed E-state index contributed by atoms with van der Waals surface area (Å²) in [6, 6.07) is 9.76. The van der Waals surface area contributed by atoms with Gasteiger partial charge in [0, 0.05) is 24.6 Å². The van der Waals surface area contributed by atoms with Gasteiger partial charge < -0.3 is 9.69 Å². The predicted molar refractivity (Wildman–Crippen MR) is 75.5 cm³/mol. The van der Waals surface area contributed by atoms with Crippen molar-refractivity contribution in [2.24, 2.45) is 5.41 Å². The van der Waals surface area contributed by atoms with E-state index in [2.05, 4.69) is 0 Å². The normalized spacial score (nSPS) is 18.5. The predicted octanol–water partition coefficient (Wildman–Crippen LogP) is 2.53. The van der Waals surface area contributed by atoms with Crippen LogP contribution >= 0.6 is 0 Å². The molecule has 0 radical (unpaired) electrons. The smallest absolute Gasteiger partial charge is 0.246 e. The minimum atomic E-state index is -0.250. The molecule has 1 aliphatic heterocycles. The summed E-state index contributed by atoms with van der Waals surface area (Å²) in [6.07, 6.45) is 5.96. The van der Waals surface area contributed by atoms with E-state index in [1.54, 1.807) is 6.08 Å². The molecular formula is C16H19NO2. The van der Waals surface area contributed by atoms with E-state index in [4.69, 9.17) is 0 Å². The average molecular weight is 257 g/mol. The molecule has 19 heavy (non-hydrogen) atoms. The number of aldehydes is 1. The second kappa shape index (κ2) is 5.83. The summed E-state index contributed by atoms with van der Waals surface area (Å²) in [4.78, 5) is 24.8. The number of likely N-dealkylation sites (tertiary alicyclic amines) is 1. The van der Waals surface area contributed by atoms with Crippen LogP contribution in [0.5, 0.6) is 0 Å². The van der Waals surface area contributed by atoms with Crippen LogP contribution in [0.2, 0.25) is 0 Å². The molecule has 0 aliphatic carbocycles. The molecule has 0 N–H and O–H groups in total. The lowest BCUT2D eigenvalue weighted by atomic mass is 9.82. The largest absolute Gasteiger partial charge is 0.339 e. The minimum Gasteiger partial charge on any atom is -0.339 e. The summed E-state index contributed by atoms with van der Waals surface area (Å²) in [5.41, 5.74) is 0.769. The Morgan fingerprint density at radius 3 is 2.42 bits per heavy atom. The molecule has 0 saturated carbocycles. The maximum atomic E-state index is 12.0. The Morgan fingerprint density at radius 1 is 1.21 bits per heavy atom. The first-order valence-electron chi connectivity index (χ1n) is 6.61. The Hall–Kier alpha value is -1.90. The van der Waals surface area contributed by atoms with Gasteiger partial charge in [0.2, 0.25) is 5.91 Å². The van der Waals surface area contributed by atoms with Gasteiger partial charge in [0.25, 0.3) is 0 Å². The number of rotatable bonds is 3. The highest BCUT2D eigenvalue weighted by Crippen LogP contribution is 2.28. The van der Waals surface area contributed by atoms with Gasteiger partial charge in [-0.1, -0.05) is 37.3 Å². The first-order chi connectivity index (χ1) is 9.13. The monoisotopic (exact) mass is 257 g/mol. The highest BCUT2D eigenvalue weighted by Gasteiger charge is 2.30. The van der Waals surface area contributed by atoms with Gasteiger partial charge in [0.05, 0.1) is 0 Å². The maximum Gasteiger partial charge on any atom is 0.246 e. The van der Waals surface area contributed by atoms with Crippen molar-refractivity contribution < 1.29 is 9.59 Å². The van der Waals surface area contributed by atoms with E-state index < -0.39 is 0 Å². The zero-order valence-electron chi connectivity index (χ0n) is 11.2. The molecular weight excluding hydrogens is 238 g/mol. The van der Waals surface area contributed by atoms with Gasteiger partial charge in [0.1, 0.15) is 6.29 Å². The fourth-order valence-corrected chi connectivity index (χ4v) is 2.19. The van der Waals surface area contributed by atoms with Crippen LogP contribution in [0.1, 0.15) is 25.3 Å². The van der Waals surface area contributed by atoms with Crippen molar-refractivity contribution in [3.8, 4) is 0 Å². The molecule has 3 nitrogen and oxygen atoms in total. The number of hydrogen-bond donors (Lipinski definition) is 0. The van der Waals surface area contributed by atoms with E-state index in [0.717, 1.165) is 24.7 Å². The third kappa shape index (κ3) is 3.53. The quantitative estimate of drug-likeness (QED) is 0.616. The first-order valence-corrected chi connectivity index (χ1v) is 6.61. The fraction of sp³-hybridized carbons (Fsp3) is 0.375. The number of benzene rings is 1. The minimum absolute atomic E-state index is 0.0248. The number of carbonyl (C=O) groups excluding carboxylic acids is 2. The Labute approximate surface area is 113 Å². The van der Waals surface area contributed by atoms with Gasteiger partial charge in [0.15, 0.2) is 0 Å². The molecule has 0 atom stereocenters. The van der Waals surface area contributed by atoms with Gasteiger partial charge in [-0.2, -0.15) is 0 Å². The van der Waals surface area contributed by atoms with Crippen LogP contribution < -0.4 is 0 Å². The van der Waals surface area contributed by atoms with Crippen molar-refractivity contribution in [3.63, 3.8) is 0 Å². The standard InChI is InChI=1S/C16H19NO2/c1-16(13-18)9-11-17(12-10-16)15(19)8-7-14-5-3-2-4-6-14/h2-8,13H,9-12H2,1H3/b8-7+. The molecule has 3 heteroatoms. The van der Waals surface area contributed by atoms with Crippen molar-refractivity contribution >= 4 is 18.3 Å². The SMILES string of the molecule is CC1(C=O)CCN(C(=O)/C=C/c2ccccc2)CC1. The van der Waals surface area contributed by atoms with Crippen LogP contribution in [0.3, 0.4) is 0 Å². The zero-order chi connectivity index (χ0) is 13.7. The van der Waals surface area contributed by atoms with Gasteiger partial charge >= 0.3 is 0 Å². The lowest BCUT2D eigenvalue weighted by molar-refractivity contribution is -0.130. The van der Waals surface area contributed by atoms with E-state index in [-0.39, 0.29) is 11.3 Å². The Kier molecular flexibility index (Phi) is 4.15. The highest BCUT2D eigenvalue weighted by atomic mass is 16.2. The third-order valence-electron chi connectivity index (χ3n) is 3.72. The summed E-state index contributed by atoms with van der Waals surface area (Å²) in [5.74, 6) is 0.0248. The summed E-state index contributed by atoms with van der Waals surface area (Å²) in [5, 5.41) is 0. The molecule has 1 aromatic rings. The van der Waals surface area contributed by atoms with Crippen LogP contribution in [0.15, 0.2) is 36.4 Å². The highest BCUT2D eigenvalue weighted by molar-refractivity contribution is 5.91. The van der Waals surface area contributed by atoms with Crippen LogP contribution in [-0.4, -0.2) is 30.2 Å². The molecule has 0 spiro atoms. The topological polar surface area (TPSA) is 37.4 Å². The van der Waals surface area contributed by atoms with Crippen molar-refractivity contribution in [2.75, 3.05) is 13.1 Å². The van der Waals surface area contributed by atoms with Crippen LogP contribution in [0.4, 0.5) is 0 Å². The summed E-state index contributed by atoms with van der Waals surface area (Å²) < 4.78 is 0. The van der Waals surface area contributed by atoms with Crippen LogP contribution in [0, 0.1) is 5.41 Å². The van der Waals surface area contributed by atoms with E-state index in [0.29, 0.717) is 13.1 Å². The molecule has 1 aliphatic rings. The van der Waals surface area contributed by atoms with Gasteiger partial charge in [-0.15, -0.1) is 0 Å². The second-order valence-corrected chi connectivity index (χ2v) is 5.34. The van der Waals surface area contributed by atoms with Crippen molar-refractivity contribution in [1.29, 1.82) is 0 Å². The summed E-state index contributed by atoms with van der Waals surface area (Å²) in [7, 11) is 0. The second-order valence-electron chi connectivity index (χ2n) is 5.34. The molecule has 0 bridgehead atoms. The molecule has 0 aromatic heterocycles. The van der Waals surface area contributed by atoms with Crippen LogP contribution in [-0.2, 0) is 9.59 Å². The number of amides is 1. The van der Waals surface area contributed by atoms with E-state index >= 15 is 0 Å². The number of piperidine rings is 1. The molecule has 100 valence electrons. The lowest BCUT2D eigenvalue weighted by Crippen LogP contribution is -2.42. The molecule has 2 rings (SSSR count). The lowest BCUT2D eigenvalue weighted by Gasteiger charge is -2.35. The molecule has 1 amide bonds.